The Hall–Kier alpha value is 0.0269. The fourth-order valence-electron chi connectivity index (χ4n) is 1.20. The van der Waals surface area contributed by atoms with Gasteiger partial charge in [-0.15, -0.1) is 5.73 Å². The molecule has 0 atom stereocenters. The standard InChI is InChI=1S/C9H16ClSi/c1-4-11(5-2,6-3)9-7-8-10/h8H,4-6H2,1-3H3. The molecule has 0 amide bonds. The summed E-state index contributed by atoms with van der Waals surface area (Å²) in [5.74, 6) is 0. The smallest absolute Gasteiger partial charge is 0.0965 e. The molecule has 0 heterocycles. The molecule has 0 unspecified atom stereocenters. The average Bonchev–Trinajstić information content (AvgIpc) is 2.08. The molecule has 0 rings (SSSR count). The van der Waals surface area contributed by atoms with Crippen LogP contribution in [0.15, 0.2) is 11.3 Å². The third-order valence-electron chi connectivity index (χ3n) is 2.42. The molecule has 0 aliphatic rings. The highest BCUT2D eigenvalue weighted by Gasteiger charge is 2.23. The average molecular weight is 188 g/mol. The molecule has 0 aromatic heterocycles. The second kappa shape index (κ2) is 5.65. The Bertz CT molecular complexity index is 145. The Morgan fingerprint density at radius 3 is 1.91 bits per heavy atom. The van der Waals surface area contributed by atoms with Crippen LogP contribution < -0.4 is 0 Å². The van der Waals surface area contributed by atoms with Crippen molar-refractivity contribution < 1.29 is 0 Å². The summed E-state index contributed by atoms with van der Waals surface area (Å²) in [5, 5.41) is 0. The maximum atomic E-state index is 5.40. The van der Waals surface area contributed by atoms with E-state index in [1.54, 1.807) is 0 Å². The molecule has 0 aromatic carbocycles. The molecule has 0 bridgehead atoms. The molecule has 1 radical (unpaired) electrons. The minimum absolute atomic E-state index is 1.22. The van der Waals surface area contributed by atoms with Crippen LogP contribution in [0.4, 0.5) is 0 Å². The minimum Gasteiger partial charge on any atom is -0.109 e. The summed E-state index contributed by atoms with van der Waals surface area (Å²) in [6.45, 7) is 6.71. The third kappa shape index (κ3) is 3.28. The SMILES string of the molecule is CC[Si]([C]=C=CCl)(CC)CC. The molecule has 0 nitrogen and oxygen atoms in total. The van der Waals surface area contributed by atoms with Crippen molar-refractivity contribution in [3.05, 3.63) is 17.0 Å². The van der Waals surface area contributed by atoms with Gasteiger partial charge in [0, 0.05) is 5.54 Å². The van der Waals surface area contributed by atoms with E-state index in [0.717, 1.165) is 0 Å². The van der Waals surface area contributed by atoms with E-state index >= 15 is 0 Å². The van der Waals surface area contributed by atoms with Crippen molar-refractivity contribution >= 4 is 19.7 Å². The van der Waals surface area contributed by atoms with Gasteiger partial charge in [0.25, 0.3) is 0 Å². The highest BCUT2D eigenvalue weighted by Crippen LogP contribution is 2.20. The summed E-state index contributed by atoms with van der Waals surface area (Å²) in [6.07, 6.45) is 0. The van der Waals surface area contributed by atoms with Gasteiger partial charge in [0.15, 0.2) is 0 Å². The van der Waals surface area contributed by atoms with Crippen molar-refractivity contribution in [3.8, 4) is 0 Å². The van der Waals surface area contributed by atoms with Gasteiger partial charge in [-0.25, -0.2) is 0 Å². The van der Waals surface area contributed by atoms with Gasteiger partial charge in [0.2, 0.25) is 0 Å². The Labute approximate surface area is 76.0 Å². The first kappa shape index (κ1) is 11.0. The van der Waals surface area contributed by atoms with Gasteiger partial charge in [0.1, 0.15) is 0 Å². The van der Waals surface area contributed by atoms with E-state index in [1.807, 2.05) is 0 Å². The quantitative estimate of drug-likeness (QED) is 0.465. The monoisotopic (exact) mass is 187 g/mol. The Morgan fingerprint density at radius 1 is 1.18 bits per heavy atom. The molecule has 2 heteroatoms. The van der Waals surface area contributed by atoms with Crippen molar-refractivity contribution in [2.24, 2.45) is 0 Å². The van der Waals surface area contributed by atoms with Gasteiger partial charge in [-0.3, -0.25) is 0 Å². The lowest BCUT2D eigenvalue weighted by Crippen LogP contribution is -2.28. The molecule has 0 N–H and O–H groups in total. The van der Waals surface area contributed by atoms with E-state index in [1.165, 1.54) is 23.7 Å². The summed E-state index contributed by atoms with van der Waals surface area (Å²) in [7, 11) is -1.22. The number of rotatable bonds is 4. The fraction of sp³-hybridized carbons (Fsp3) is 0.667. The normalized spacial score (nSPS) is 10.5. The predicted molar refractivity (Wildman–Crippen MR) is 54.4 cm³/mol. The maximum absolute atomic E-state index is 5.40. The molecule has 0 saturated carbocycles. The molecule has 11 heavy (non-hydrogen) atoms. The molecule has 0 spiro atoms. The van der Waals surface area contributed by atoms with Gasteiger partial charge < -0.3 is 0 Å². The zero-order valence-corrected chi connectivity index (χ0v) is 9.33. The molecule has 63 valence electrons. The molecule has 0 aliphatic carbocycles. The molecule has 0 aromatic rings. The highest BCUT2D eigenvalue weighted by atomic mass is 35.5. The fourth-order valence-corrected chi connectivity index (χ4v) is 3.75. The Kier molecular flexibility index (Phi) is 5.66. The van der Waals surface area contributed by atoms with E-state index in [0.29, 0.717) is 0 Å². The number of halogens is 1. The second-order valence-electron chi connectivity index (χ2n) is 2.72. The third-order valence-corrected chi connectivity index (χ3v) is 7.27. The molecular formula is C9H16ClSi. The van der Waals surface area contributed by atoms with Gasteiger partial charge in [-0.2, -0.15) is 0 Å². The van der Waals surface area contributed by atoms with Gasteiger partial charge >= 0.3 is 0 Å². The van der Waals surface area contributed by atoms with Gasteiger partial charge in [-0.1, -0.05) is 50.5 Å². The highest BCUT2D eigenvalue weighted by molar-refractivity contribution is 6.82. The summed E-state index contributed by atoms with van der Waals surface area (Å²) in [5.41, 5.74) is 7.66. The summed E-state index contributed by atoms with van der Waals surface area (Å²) < 4.78 is 0. The van der Waals surface area contributed by atoms with Crippen molar-refractivity contribution in [1.29, 1.82) is 0 Å². The zero-order valence-electron chi connectivity index (χ0n) is 7.58. The lowest BCUT2D eigenvalue weighted by molar-refractivity contribution is 1.19. The van der Waals surface area contributed by atoms with Crippen LogP contribution in [0, 0.1) is 5.70 Å². The molecule has 0 saturated heterocycles. The maximum Gasteiger partial charge on any atom is 0.0965 e. The van der Waals surface area contributed by atoms with Crippen LogP contribution in [-0.4, -0.2) is 8.07 Å². The van der Waals surface area contributed by atoms with Crippen LogP contribution in [0.2, 0.25) is 18.1 Å². The Morgan fingerprint density at radius 2 is 1.64 bits per heavy atom. The lowest BCUT2D eigenvalue weighted by atomic mass is 10.9. The van der Waals surface area contributed by atoms with E-state index in [2.05, 4.69) is 32.2 Å². The van der Waals surface area contributed by atoms with Crippen LogP contribution in [-0.2, 0) is 0 Å². The molecule has 0 aliphatic heterocycles. The second-order valence-corrected chi connectivity index (χ2v) is 7.87. The van der Waals surface area contributed by atoms with Crippen molar-refractivity contribution in [1.82, 2.24) is 0 Å². The predicted octanol–water partition coefficient (Wildman–Crippen LogP) is 3.74. The van der Waals surface area contributed by atoms with Crippen LogP contribution >= 0.6 is 11.6 Å². The van der Waals surface area contributed by atoms with E-state index in [-0.39, 0.29) is 0 Å². The van der Waals surface area contributed by atoms with Crippen LogP contribution in [0.25, 0.3) is 0 Å². The molecule has 0 fully saturated rings. The number of hydrogen-bond acceptors (Lipinski definition) is 0. The first-order chi connectivity index (χ1) is 5.24. The lowest BCUT2D eigenvalue weighted by Gasteiger charge is -2.21. The van der Waals surface area contributed by atoms with Crippen molar-refractivity contribution in [3.63, 3.8) is 0 Å². The minimum atomic E-state index is -1.22. The summed E-state index contributed by atoms with van der Waals surface area (Å²) >= 11 is 5.40. The van der Waals surface area contributed by atoms with E-state index in [4.69, 9.17) is 11.6 Å². The van der Waals surface area contributed by atoms with E-state index in [9.17, 15) is 0 Å². The van der Waals surface area contributed by atoms with Crippen molar-refractivity contribution in [2.75, 3.05) is 0 Å². The first-order valence-corrected chi connectivity index (χ1v) is 7.25. The van der Waals surface area contributed by atoms with Crippen LogP contribution in [0.1, 0.15) is 20.8 Å². The van der Waals surface area contributed by atoms with Gasteiger partial charge in [-0.05, 0) is 5.70 Å². The topological polar surface area (TPSA) is 0 Å². The zero-order chi connectivity index (χ0) is 8.74. The first-order valence-electron chi connectivity index (χ1n) is 4.19. The summed E-state index contributed by atoms with van der Waals surface area (Å²) in [4.78, 5) is 0. The Balaban J connectivity index is 4.41. The summed E-state index contributed by atoms with van der Waals surface area (Å²) in [6, 6.07) is 3.74. The number of hydrogen-bond donors (Lipinski definition) is 0. The largest absolute Gasteiger partial charge is 0.109 e. The van der Waals surface area contributed by atoms with E-state index < -0.39 is 8.07 Å². The van der Waals surface area contributed by atoms with Gasteiger partial charge in [0.05, 0.1) is 8.07 Å². The van der Waals surface area contributed by atoms with Crippen LogP contribution in [0.3, 0.4) is 0 Å². The van der Waals surface area contributed by atoms with Crippen LogP contribution in [0.5, 0.6) is 0 Å². The molecular weight excluding hydrogens is 172 g/mol. The van der Waals surface area contributed by atoms with Crippen molar-refractivity contribution in [2.45, 2.75) is 38.9 Å².